The molecule has 2 aromatic rings. The Morgan fingerprint density at radius 2 is 2.38 bits per heavy atom. The van der Waals surface area contributed by atoms with Crippen LogP contribution < -0.4 is 5.32 Å². The Morgan fingerprint density at radius 3 is 3.25 bits per heavy atom. The van der Waals surface area contributed by atoms with Gasteiger partial charge in [-0.15, -0.1) is 0 Å². The van der Waals surface area contributed by atoms with Crippen molar-refractivity contribution in [1.82, 2.24) is 19.7 Å². The van der Waals surface area contributed by atoms with E-state index >= 15 is 0 Å². The third-order valence-corrected chi connectivity index (χ3v) is 3.06. The van der Waals surface area contributed by atoms with E-state index in [1.165, 1.54) is 0 Å². The first-order chi connectivity index (χ1) is 7.86. The van der Waals surface area contributed by atoms with Gasteiger partial charge in [0.25, 0.3) is 0 Å². The van der Waals surface area contributed by atoms with Crippen LogP contribution in [-0.4, -0.2) is 32.1 Å². The molecule has 0 spiro atoms. The number of fused-ring (bicyclic) bond motifs is 1. The van der Waals surface area contributed by atoms with Gasteiger partial charge in [-0.1, -0.05) is 0 Å². The molecule has 0 radical (unpaired) electrons. The average Bonchev–Trinajstić information content (AvgIpc) is 2.74. The second-order valence-electron chi connectivity index (χ2n) is 4.11. The fraction of sp³-hybridized carbons (Fsp3) is 0.455. The standard InChI is InChI=1S/C11H14N4O/c16-9-3-1-4-12-10(9)8-7-14-11-13-5-2-6-15(8)11/h2,5-7,9-10,12,16H,1,3-4H2. The van der Waals surface area contributed by atoms with Crippen LogP contribution in [0.25, 0.3) is 5.78 Å². The molecule has 2 unspecified atom stereocenters. The topological polar surface area (TPSA) is 62.5 Å². The Bertz CT molecular complexity index is 495. The largest absolute Gasteiger partial charge is 0.391 e. The van der Waals surface area contributed by atoms with Crippen molar-refractivity contribution in [2.75, 3.05) is 6.54 Å². The summed E-state index contributed by atoms with van der Waals surface area (Å²) in [5.41, 5.74) is 0.982. The van der Waals surface area contributed by atoms with Gasteiger partial charge < -0.3 is 10.4 Å². The number of aliphatic hydroxyl groups excluding tert-OH is 1. The van der Waals surface area contributed by atoms with Crippen LogP contribution in [0.4, 0.5) is 0 Å². The minimum absolute atomic E-state index is 0.0343. The molecule has 0 saturated carbocycles. The Morgan fingerprint density at radius 1 is 1.44 bits per heavy atom. The van der Waals surface area contributed by atoms with E-state index in [2.05, 4.69) is 15.3 Å². The molecule has 1 fully saturated rings. The molecule has 3 rings (SSSR count). The number of nitrogens with one attached hydrogen (secondary N) is 1. The zero-order valence-corrected chi connectivity index (χ0v) is 8.87. The first-order valence-electron chi connectivity index (χ1n) is 5.56. The summed E-state index contributed by atoms with van der Waals surface area (Å²) in [5, 5.41) is 13.3. The molecule has 16 heavy (non-hydrogen) atoms. The van der Waals surface area contributed by atoms with Crippen molar-refractivity contribution in [3.63, 3.8) is 0 Å². The molecule has 0 aliphatic carbocycles. The highest BCUT2D eigenvalue weighted by atomic mass is 16.3. The van der Waals surface area contributed by atoms with Gasteiger partial charge in [-0.05, 0) is 25.5 Å². The number of rotatable bonds is 1. The normalized spacial score (nSPS) is 26.1. The number of piperidine rings is 1. The van der Waals surface area contributed by atoms with E-state index in [0.717, 1.165) is 25.1 Å². The molecule has 0 aromatic carbocycles. The minimum atomic E-state index is -0.339. The summed E-state index contributed by atoms with van der Waals surface area (Å²) in [7, 11) is 0. The number of imidazole rings is 1. The minimum Gasteiger partial charge on any atom is -0.391 e. The predicted molar refractivity (Wildman–Crippen MR) is 59.0 cm³/mol. The molecule has 84 valence electrons. The smallest absolute Gasteiger partial charge is 0.233 e. The lowest BCUT2D eigenvalue weighted by molar-refractivity contribution is 0.0943. The highest BCUT2D eigenvalue weighted by Crippen LogP contribution is 2.23. The van der Waals surface area contributed by atoms with E-state index in [1.807, 2.05) is 16.7 Å². The lowest BCUT2D eigenvalue weighted by Crippen LogP contribution is -2.38. The van der Waals surface area contributed by atoms with Crippen LogP contribution in [0.3, 0.4) is 0 Å². The lowest BCUT2D eigenvalue weighted by Gasteiger charge is -2.28. The number of aliphatic hydroxyl groups is 1. The van der Waals surface area contributed by atoms with E-state index in [4.69, 9.17) is 0 Å². The zero-order valence-electron chi connectivity index (χ0n) is 8.87. The van der Waals surface area contributed by atoms with Crippen molar-refractivity contribution in [2.24, 2.45) is 0 Å². The van der Waals surface area contributed by atoms with Crippen molar-refractivity contribution in [1.29, 1.82) is 0 Å². The summed E-state index contributed by atoms with van der Waals surface area (Å²) in [5.74, 6) is 0.678. The lowest BCUT2D eigenvalue weighted by atomic mass is 9.99. The maximum absolute atomic E-state index is 9.98. The second-order valence-corrected chi connectivity index (χ2v) is 4.11. The summed E-state index contributed by atoms with van der Waals surface area (Å²) in [6, 6.07) is 1.83. The molecule has 5 heteroatoms. The van der Waals surface area contributed by atoms with Crippen LogP contribution in [0, 0.1) is 0 Å². The number of aromatic nitrogens is 3. The molecule has 3 heterocycles. The van der Waals surface area contributed by atoms with Crippen LogP contribution >= 0.6 is 0 Å². The Kier molecular flexibility index (Phi) is 2.34. The Labute approximate surface area is 93.2 Å². The monoisotopic (exact) mass is 218 g/mol. The maximum Gasteiger partial charge on any atom is 0.233 e. The van der Waals surface area contributed by atoms with E-state index < -0.39 is 0 Å². The van der Waals surface area contributed by atoms with Crippen molar-refractivity contribution < 1.29 is 5.11 Å². The molecule has 5 nitrogen and oxygen atoms in total. The van der Waals surface area contributed by atoms with Crippen molar-refractivity contribution in [3.05, 3.63) is 30.4 Å². The Hall–Kier alpha value is -1.46. The molecule has 2 atom stereocenters. The number of hydrogen-bond donors (Lipinski definition) is 2. The molecule has 1 saturated heterocycles. The van der Waals surface area contributed by atoms with Gasteiger partial charge in [-0.3, -0.25) is 4.40 Å². The predicted octanol–water partition coefficient (Wildman–Crippen LogP) is 0.515. The summed E-state index contributed by atoms with van der Waals surface area (Å²) in [6.07, 6.45) is 6.95. The first-order valence-corrected chi connectivity index (χ1v) is 5.56. The maximum atomic E-state index is 9.98. The average molecular weight is 218 g/mol. The van der Waals surface area contributed by atoms with Gasteiger partial charge in [-0.25, -0.2) is 9.97 Å². The van der Waals surface area contributed by atoms with Crippen LogP contribution in [-0.2, 0) is 0 Å². The first kappa shape index (κ1) is 9.74. The van der Waals surface area contributed by atoms with Crippen molar-refractivity contribution >= 4 is 5.78 Å². The third-order valence-electron chi connectivity index (χ3n) is 3.06. The molecular weight excluding hydrogens is 204 g/mol. The van der Waals surface area contributed by atoms with Gasteiger partial charge in [0.2, 0.25) is 5.78 Å². The van der Waals surface area contributed by atoms with Gasteiger partial charge in [0, 0.05) is 12.4 Å². The highest BCUT2D eigenvalue weighted by Gasteiger charge is 2.26. The fourth-order valence-electron chi connectivity index (χ4n) is 2.25. The van der Waals surface area contributed by atoms with Gasteiger partial charge >= 0.3 is 0 Å². The summed E-state index contributed by atoms with van der Waals surface area (Å²) < 4.78 is 1.92. The quantitative estimate of drug-likeness (QED) is 0.732. The van der Waals surface area contributed by atoms with E-state index in [9.17, 15) is 5.11 Å². The third kappa shape index (κ3) is 1.48. The van der Waals surface area contributed by atoms with Crippen molar-refractivity contribution in [3.8, 4) is 0 Å². The molecule has 2 aromatic heterocycles. The summed E-state index contributed by atoms with van der Waals surface area (Å²) in [4.78, 5) is 8.39. The number of nitrogens with zero attached hydrogens (tertiary/aromatic N) is 3. The molecule has 2 N–H and O–H groups in total. The van der Waals surface area contributed by atoms with Crippen molar-refractivity contribution in [2.45, 2.75) is 25.0 Å². The molecule has 1 aliphatic heterocycles. The van der Waals surface area contributed by atoms with Crippen LogP contribution in [0.5, 0.6) is 0 Å². The molecule has 1 aliphatic rings. The zero-order chi connectivity index (χ0) is 11.0. The van der Waals surface area contributed by atoms with Crippen LogP contribution in [0.2, 0.25) is 0 Å². The summed E-state index contributed by atoms with van der Waals surface area (Å²) >= 11 is 0. The second kappa shape index (κ2) is 3.84. The van der Waals surface area contributed by atoms with E-state index in [-0.39, 0.29) is 12.1 Å². The number of hydrogen-bond acceptors (Lipinski definition) is 4. The fourth-order valence-corrected chi connectivity index (χ4v) is 2.25. The van der Waals surface area contributed by atoms with Crippen LogP contribution in [0.1, 0.15) is 24.6 Å². The van der Waals surface area contributed by atoms with Gasteiger partial charge in [0.05, 0.1) is 24.0 Å². The molecular formula is C11H14N4O. The molecule has 0 amide bonds. The highest BCUT2D eigenvalue weighted by molar-refractivity contribution is 5.32. The van der Waals surface area contributed by atoms with E-state index in [1.54, 1.807) is 12.4 Å². The summed E-state index contributed by atoms with van der Waals surface area (Å²) in [6.45, 7) is 0.940. The van der Waals surface area contributed by atoms with Gasteiger partial charge in [-0.2, -0.15) is 0 Å². The van der Waals surface area contributed by atoms with Crippen LogP contribution in [0.15, 0.2) is 24.7 Å². The van der Waals surface area contributed by atoms with Gasteiger partial charge in [0.15, 0.2) is 0 Å². The molecule has 0 bridgehead atoms. The Balaban J connectivity index is 2.04. The van der Waals surface area contributed by atoms with E-state index in [0.29, 0.717) is 5.78 Å². The SMILES string of the molecule is OC1CCCNC1c1cnc2ncccn12. The van der Waals surface area contributed by atoms with Gasteiger partial charge in [0.1, 0.15) is 0 Å².